The first-order valence-corrected chi connectivity index (χ1v) is 9.96. The largest absolute Gasteiger partial charge is 0.462 e. The predicted molar refractivity (Wildman–Crippen MR) is 94.8 cm³/mol. The van der Waals surface area contributed by atoms with Crippen LogP contribution in [0.2, 0.25) is 0 Å². The Kier molecular flexibility index (Phi) is 4.29. The maximum absolute atomic E-state index is 12.8. The fraction of sp³-hybridized carbons (Fsp3) is 0.333. The summed E-state index contributed by atoms with van der Waals surface area (Å²) in [5.41, 5.74) is 1.55. The van der Waals surface area contributed by atoms with Crippen LogP contribution in [0.15, 0.2) is 47.1 Å². The molecule has 0 bridgehead atoms. The first-order chi connectivity index (χ1) is 12.0. The number of hydrogen-bond acceptors (Lipinski definition) is 4. The summed E-state index contributed by atoms with van der Waals surface area (Å²) in [7, 11) is -4.06. The van der Waals surface area contributed by atoms with E-state index >= 15 is 0 Å². The molecule has 1 aliphatic rings. The first kappa shape index (κ1) is 16.6. The second kappa shape index (κ2) is 6.46. The molecule has 4 rings (SSSR count). The number of hydrogen-bond donors (Lipinski definition) is 3. The molecule has 0 radical (unpaired) electrons. The first-order valence-electron chi connectivity index (χ1n) is 8.38. The minimum absolute atomic E-state index is 0.138. The zero-order valence-electron chi connectivity index (χ0n) is 13.6. The van der Waals surface area contributed by atoms with Gasteiger partial charge < -0.3 is 23.9 Å². The summed E-state index contributed by atoms with van der Waals surface area (Å²) in [4.78, 5) is 13.7. The van der Waals surface area contributed by atoms with Crippen LogP contribution in [0.1, 0.15) is 25.7 Å². The lowest BCUT2D eigenvalue weighted by Gasteiger charge is -2.27. The Balaban J connectivity index is 1.64. The fourth-order valence-corrected chi connectivity index (χ4v) is 4.79. The lowest BCUT2D eigenvalue weighted by molar-refractivity contribution is 0.0498. The number of aromatic nitrogens is 1. The van der Waals surface area contributed by atoms with Crippen LogP contribution >= 0.6 is 7.60 Å². The number of para-hydroxylation sites is 1. The molecule has 0 aliphatic heterocycles. The van der Waals surface area contributed by atoms with E-state index in [0.29, 0.717) is 30.7 Å². The van der Waals surface area contributed by atoms with Crippen molar-refractivity contribution < 1.29 is 23.5 Å². The highest BCUT2D eigenvalue weighted by Gasteiger charge is 2.34. The number of nitrogens with one attached hydrogen (secondary N) is 1. The zero-order valence-corrected chi connectivity index (χ0v) is 14.5. The zero-order chi connectivity index (χ0) is 17.4. The van der Waals surface area contributed by atoms with Gasteiger partial charge in [-0.15, -0.1) is 0 Å². The molecule has 2 aromatic heterocycles. The van der Waals surface area contributed by atoms with E-state index < -0.39 is 19.8 Å². The van der Waals surface area contributed by atoms with Crippen molar-refractivity contribution >= 4 is 23.8 Å². The Morgan fingerprint density at radius 3 is 2.88 bits per heavy atom. The molecule has 3 N–H and O–H groups in total. The highest BCUT2D eigenvalue weighted by atomic mass is 31.2. The van der Waals surface area contributed by atoms with E-state index in [0.717, 1.165) is 17.3 Å². The number of aliphatic hydroxyl groups is 1. The van der Waals surface area contributed by atoms with Crippen LogP contribution in [0.4, 0.5) is 0 Å². The Morgan fingerprint density at radius 1 is 1.24 bits per heavy atom. The summed E-state index contributed by atoms with van der Waals surface area (Å²) >= 11 is 0. The third-order valence-corrected chi connectivity index (χ3v) is 6.16. The molecule has 7 heteroatoms. The third-order valence-electron chi connectivity index (χ3n) is 4.61. The highest BCUT2D eigenvalue weighted by Crippen LogP contribution is 2.47. The average molecular weight is 361 g/mol. The van der Waals surface area contributed by atoms with Crippen molar-refractivity contribution in [3.63, 3.8) is 0 Å². The van der Waals surface area contributed by atoms with Gasteiger partial charge in [0.25, 0.3) is 0 Å². The van der Waals surface area contributed by atoms with Crippen LogP contribution < -0.4 is 5.30 Å². The maximum Gasteiger partial charge on any atom is 0.363 e. The molecule has 3 unspecified atom stereocenters. The van der Waals surface area contributed by atoms with E-state index in [1.807, 2.05) is 30.3 Å². The summed E-state index contributed by atoms with van der Waals surface area (Å²) in [6.45, 7) is 0. The number of benzene rings is 1. The van der Waals surface area contributed by atoms with Crippen LogP contribution in [0.3, 0.4) is 0 Å². The number of furan rings is 1. The molecular weight excluding hydrogens is 341 g/mol. The number of H-pyrrole nitrogens is 1. The monoisotopic (exact) mass is 361 g/mol. The van der Waals surface area contributed by atoms with Gasteiger partial charge in [-0.05, 0) is 37.5 Å². The number of rotatable bonds is 4. The molecule has 1 saturated carbocycles. The van der Waals surface area contributed by atoms with E-state index in [4.69, 9.17) is 8.94 Å². The van der Waals surface area contributed by atoms with Crippen LogP contribution in [-0.4, -0.2) is 27.2 Å². The van der Waals surface area contributed by atoms with Crippen molar-refractivity contribution in [1.29, 1.82) is 0 Å². The van der Waals surface area contributed by atoms with E-state index in [2.05, 4.69) is 4.98 Å². The Bertz CT molecular complexity index is 897. The van der Waals surface area contributed by atoms with Gasteiger partial charge in [0.05, 0.1) is 24.2 Å². The molecule has 25 heavy (non-hydrogen) atoms. The second-order valence-electron chi connectivity index (χ2n) is 6.47. The summed E-state index contributed by atoms with van der Waals surface area (Å²) in [6, 6.07) is 11.1. The topological polar surface area (TPSA) is 95.7 Å². The fourth-order valence-electron chi connectivity index (χ4n) is 3.40. The van der Waals surface area contributed by atoms with Crippen molar-refractivity contribution in [3.05, 3.63) is 42.7 Å². The molecule has 3 aromatic rings. The smallest absolute Gasteiger partial charge is 0.363 e. The highest BCUT2D eigenvalue weighted by molar-refractivity contribution is 7.61. The average Bonchev–Trinajstić information content (AvgIpc) is 3.21. The van der Waals surface area contributed by atoms with Crippen molar-refractivity contribution in [2.75, 3.05) is 0 Å². The quantitative estimate of drug-likeness (QED) is 0.618. The molecule has 1 fully saturated rings. The van der Waals surface area contributed by atoms with Crippen molar-refractivity contribution in [1.82, 2.24) is 4.98 Å². The number of aliphatic hydroxyl groups excluding tert-OH is 1. The van der Waals surface area contributed by atoms with Crippen molar-refractivity contribution in [2.24, 2.45) is 0 Å². The molecule has 0 amide bonds. The second-order valence-corrected chi connectivity index (χ2v) is 8.21. The van der Waals surface area contributed by atoms with Crippen molar-refractivity contribution in [3.8, 4) is 11.5 Å². The summed E-state index contributed by atoms with van der Waals surface area (Å²) in [6.07, 6.45) is 3.03. The van der Waals surface area contributed by atoms with Gasteiger partial charge >= 0.3 is 7.60 Å². The SMILES string of the molecule is O=P(O)(OC1CCCC(O)C1)c1ccoc1-c1cc2ccccc2[nH]1. The predicted octanol–water partition coefficient (Wildman–Crippen LogP) is 3.56. The van der Waals surface area contributed by atoms with Gasteiger partial charge in [-0.2, -0.15) is 0 Å². The number of aromatic amines is 1. The minimum atomic E-state index is -4.06. The molecule has 6 nitrogen and oxygen atoms in total. The van der Waals surface area contributed by atoms with Gasteiger partial charge in [-0.1, -0.05) is 18.2 Å². The molecule has 3 atom stereocenters. The third kappa shape index (κ3) is 3.31. The normalized spacial score (nSPS) is 23.6. The van der Waals surface area contributed by atoms with Crippen LogP contribution in [0.25, 0.3) is 22.4 Å². The lowest BCUT2D eigenvalue weighted by atomic mass is 9.95. The summed E-state index contributed by atoms with van der Waals surface area (Å²) in [5, 5.41) is 10.9. The molecule has 0 spiro atoms. The number of fused-ring (bicyclic) bond motifs is 1. The van der Waals surface area contributed by atoms with Gasteiger partial charge in [0.2, 0.25) is 0 Å². The maximum atomic E-state index is 12.8. The van der Waals surface area contributed by atoms with Crippen LogP contribution in [-0.2, 0) is 9.09 Å². The van der Waals surface area contributed by atoms with Gasteiger partial charge in [0.15, 0.2) is 5.76 Å². The van der Waals surface area contributed by atoms with Gasteiger partial charge in [0.1, 0.15) is 5.30 Å². The Hall–Kier alpha value is -1.85. The van der Waals surface area contributed by atoms with Gasteiger partial charge in [0, 0.05) is 17.3 Å². The molecule has 1 aliphatic carbocycles. The van der Waals surface area contributed by atoms with Crippen LogP contribution in [0, 0.1) is 0 Å². The molecule has 1 aromatic carbocycles. The lowest BCUT2D eigenvalue weighted by Crippen LogP contribution is -2.26. The standard InChI is InChI=1S/C18H20NO5P/c20-13-5-3-6-14(11-13)24-25(21,22)17-8-9-23-18(17)16-10-12-4-1-2-7-15(12)19-16/h1-2,4,7-10,13-14,19-20H,3,5-6,11H2,(H,21,22). The van der Waals surface area contributed by atoms with E-state index in [1.165, 1.54) is 12.3 Å². The minimum Gasteiger partial charge on any atom is -0.462 e. The van der Waals surface area contributed by atoms with Gasteiger partial charge in [-0.3, -0.25) is 4.57 Å². The molecule has 0 saturated heterocycles. The van der Waals surface area contributed by atoms with E-state index in [9.17, 15) is 14.6 Å². The molecule has 132 valence electrons. The van der Waals surface area contributed by atoms with Gasteiger partial charge in [-0.25, -0.2) is 0 Å². The van der Waals surface area contributed by atoms with E-state index in [1.54, 1.807) is 0 Å². The Morgan fingerprint density at radius 2 is 2.08 bits per heavy atom. The summed E-state index contributed by atoms with van der Waals surface area (Å²) in [5.74, 6) is 0.304. The Labute approximate surface area is 145 Å². The van der Waals surface area contributed by atoms with Crippen LogP contribution in [0.5, 0.6) is 0 Å². The van der Waals surface area contributed by atoms with Crippen molar-refractivity contribution in [2.45, 2.75) is 37.9 Å². The molecule has 2 heterocycles. The van der Waals surface area contributed by atoms with E-state index in [-0.39, 0.29) is 5.30 Å². The molecular formula is C18H20NO5P. The summed E-state index contributed by atoms with van der Waals surface area (Å²) < 4.78 is 23.8.